The van der Waals surface area contributed by atoms with E-state index < -0.39 is 20.4 Å². The Morgan fingerprint density at radius 3 is 1.26 bits per heavy atom. The molecule has 3 saturated heterocycles. The molecule has 764 valence electrons. The molecule has 0 spiro atoms. The SMILES string of the molecule is C1CCOC1.CC(C)OB1OC(C)(C)C(C)(C)O1.CCn1cc(C)cn1.CCn1ncc(C)c1-c1cccc(C(=O)NCc2c(C)cc(C)[nH]c2=O)c1C.CCn1ncc(C)c1-c1cccc(C(=O)O)c1C.CCn1ncc(C)c1-c1cccc(C(=O)OC)c1C.CCn1ncc(C)c1B1OC(C)(C)C(C)(C)O1.COC(=O)c1cccc(Br)c1C.Cc1cc(C)c(CN)c(=O)[nH]1.O.[2H]CF.[CH2-]CCC.[Li+].[Li+].[OH-]. The Balaban J connectivity index is 0.00000160. The van der Waals surface area contributed by atoms with E-state index in [9.17, 15) is 33.2 Å². The van der Waals surface area contributed by atoms with Crippen molar-refractivity contribution in [1.82, 2.24) is 64.2 Å². The number of halogens is 2. The van der Waals surface area contributed by atoms with Crippen molar-refractivity contribution in [2.75, 3.05) is 34.6 Å². The Kier molecular flexibility index (Phi) is 57.3. The summed E-state index contributed by atoms with van der Waals surface area (Å²) in [4.78, 5) is 75.7. The van der Waals surface area contributed by atoms with E-state index >= 15 is 0 Å². The molecule has 31 nitrogen and oxygen atoms in total. The van der Waals surface area contributed by atoms with E-state index in [1.54, 1.807) is 24.3 Å². The zero-order chi connectivity index (χ0) is 104. The number of aromatic carboxylic acids is 1. The molecular weight excluding hydrogens is 1850 g/mol. The van der Waals surface area contributed by atoms with Crippen LogP contribution < -0.4 is 65.5 Å². The number of ether oxygens (including phenoxy) is 3. The van der Waals surface area contributed by atoms with Crippen molar-refractivity contribution in [3.63, 3.8) is 0 Å². The molecule has 0 aliphatic carbocycles. The quantitative estimate of drug-likeness (QED) is 0.0285. The Morgan fingerprint density at radius 1 is 0.553 bits per heavy atom. The van der Waals surface area contributed by atoms with Crippen molar-refractivity contribution in [1.29, 1.82) is 0 Å². The van der Waals surface area contributed by atoms with E-state index in [4.69, 9.17) is 45.0 Å². The van der Waals surface area contributed by atoms with Crippen LogP contribution >= 0.6 is 15.9 Å². The van der Waals surface area contributed by atoms with Gasteiger partial charge >= 0.3 is 70.1 Å². The number of aromatic nitrogens is 12. The Hall–Kier alpha value is -9.92. The maximum absolute atomic E-state index is 12.8. The molecule has 0 radical (unpaired) electrons. The monoisotopic (exact) mass is 2010 g/mol. The minimum atomic E-state index is -1.00. The second-order valence-electron chi connectivity index (χ2n) is 35.3. The normalized spacial score (nSPS) is 13.3. The van der Waals surface area contributed by atoms with Gasteiger partial charge in [-0.1, -0.05) is 71.7 Å². The van der Waals surface area contributed by atoms with Gasteiger partial charge in [-0.25, -0.2) is 14.4 Å². The van der Waals surface area contributed by atoms with Gasteiger partial charge in [-0.05, 0) is 310 Å². The number of carbonyl (C=O) groups is 4. The number of benzene rings is 4. The van der Waals surface area contributed by atoms with Crippen LogP contribution in [0.3, 0.4) is 0 Å². The number of nitrogens with two attached hydrogens (primary N) is 1. The third-order valence-corrected chi connectivity index (χ3v) is 24.5. The van der Waals surface area contributed by atoms with E-state index in [0.29, 0.717) is 39.9 Å². The fraction of sp³-hybridized carbons (Fsp3) is 0.481. The van der Waals surface area contributed by atoms with E-state index in [2.05, 4.69) is 124 Å². The molecule has 3 aliphatic heterocycles. The number of nitrogens with one attached hydrogen (secondary N) is 3. The van der Waals surface area contributed by atoms with Crippen LogP contribution in [0.25, 0.3) is 33.8 Å². The number of esters is 2. The average molecular weight is 2010 g/mol. The first kappa shape index (κ1) is 129. The molecule has 3 aliphatic rings. The molecule has 1 amide bonds. The zero-order valence-corrected chi connectivity index (χ0v) is 91.4. The third-order valence-electron chi connectivity index (χ3n) is 23.6. The first-order valence-electron chi connectivity index (χ1n) is 47.2. The van der Waals surface area contributed by atoms with Crippen LogP contribution in [-0.2, 0) is 83.3 Å². The van der Waals surface area contributed by atoms with Crippen molar-refractivity contribution in [2.24, 2.45) is 5.73 Å². The van der Waals surface area contributed by atoms with Crippen molar-refractivity contribution >= 4 is 59.8 Å². The maximum Gasteiger partial charge on any atom is 1.00 e. The minimum Gasteiger partial charge on any atom is -0.870 e. The van der Waals surface area contributed by atoms with Crippen molar-refractivity contribution < 1.29 is 116 Å². The number of carboxylic acids is 1. The molecule has 4 aromatic carbocycles. The van der Waals surface area contributed by atoms with Crippen molar-refractivity contribution in [3.8, 4) is 33.8 Å². The number of methoxy groups -OCH3 is 2. The molecule has 37 heteroatoms. The number of nitrogens with zero attached hydrogens (tertiary/aromatic N) is 10. The first-order chi connectivity index (χ1) is 65.0. The van der Waals surface area contributed by atoms with Gasteiger partial charge in [-0.15, -0.1) is 0 Å². The Bertz CT molecular complexity index is 5830. The zero-order valence-electron chi connectivity index (χ0n) is 90.8. The number of carboxylic acid groups (broad SMARTS) is 1. The summed E-state index contributed by atoms with van der Waals surface area (Å²) in [7, 11) is 0.936. The van der Waals surface area contributed by atoms with Gasteiger partial charge in [0.15, 0.2) is 0 Å². The third kappa shape index (κ3) is 37.0. The van der Waals surface area contributed by atoms with E-state index in [-0.39, 0.29) is 120 Å². The summed E-state index contributed by atoms with van der Waals surface area (Å²) in [5.41, 5.74) is 27.1. The van der Waals surface area contributed by atoms with Gasteiger partial charge in [-0.2, -0.15) is 31.9 Å². The summed E-state index contributed by atoms with van der Waals surface area (Å²) < 4.78 is 69.2. The fourth-order valence-electron chi connectivity index (χ4n) is 14.4. The maximum atomic E-state index is 12.8. The van der Waals surface area contributed by atoms with Crippen LogP contribution in [-0.4, -0.2) is 176 Å². The molecule has 10 heterocycles. The number of hydrogen-bond acceptors (Lipinski definition) is 21. The number of pyridine rings is 2. The molecular formula is C104H154B2BrFLi2N14O17. The van der Waals surface area contributed by atoms with Gasteiger partial charge in [-0.3, -0.25) is 42.2 Å². The number of hydrogen-bond donors (Lipinski definition) is 5. The molecule has 0 bridgehead atoms. The summed E-state index contributed by atoms with van der Waals surface area (Å²) in [6.45, 7) is 68.0. The average Bonchev–Trinajstić information content (AvgIpc) is 1.60. The second-order valence-corrected chi connectivity index (χ2v) is 36.1. The topological polar surface area (TPSA) is 417 Å². The smallest absolute Gasteiger partial charge is 0.870 e. The second kappa shape index (κ2) is 62.6. The fourth-order valence-corrected chi connectivity index (χ4v) is 14.7. The van der Waals surface area contributed by atoms with E-state index in [0.717, 1.165) is 163 Å². The number of amides is 1. The predicted octanol–water partition coefficient (Wildman–Crippen LogP) is 13.0. The van der Waals surface area contributed by atoms with Crippen LogP contribution in [0, 0.1) is 96.9 Å². The van der Waals surface area contributed by atoms with Crippen LogP contribution in [0.15, 0.2) is 136 Å². The summed E-state index contributed by atoms with van der Waals surface area (Å²) in [5, 5.41) is 33.5. The van der Waals surface area contributed by atoms with Crippen LogP contribution in [0.2, 0.25) is 0 Å². The Morgan fingerprint density at radius 2 is 0.915 bits per heavy atom. The molecule has 0 saturated carbocycles. The number of carbonyl (C=O) groups excluding carboxylic acids is 3. The van der Waals surface area contributed by atoms with Gasteiger partial charge in [0, 0.05) is 121 Å². The van der Waals surface area contributed by atoms with Gasteiger partial charge < -0.3 is 81.5 Å². The molecule has 7 aromatic heterocycles. The van der Waals surface area contributed by atoms with E-state index in [1.165, 1.54) is 39.0 Å². The molecule has 0 atom stereocenters. The van der Waals surface area contributed by atoms with Crippen LogP contribution in [0.5, 0.6) is 0 Å². The number of alkyl halides is 1. The number of H-pyrrole nitrogens is 2. The van der Waals surface area contributed by atoms with Crippen molar-refractivity contribution in [2.45, 2.75) is 301 Å². The molecule has 9 N–H and O–H groups in total. The number of aryl methyl sites for hydroxylation is 14. The standard InChI is InChI=1S/C22H26N4O2.C15H18N2O2.C14H16N2O2.C12H21BN2O2.C9H19BO3.C9H9BrO2.C8H12N2O.C6H10N2.C4H8O.C4H9.CH3F.2Li.2H2O/c1-6-26-20(14(3)11-24-26)17-8-7-9-18(16(17)5)21(27)23-12-19-13(2)10-15(4)25-22(19)28;1-5-17-14(10(2)9-16-17)12-7-6-8-13(11(12)3)15(18)19-4;1-4-16-13(9(2)8-15-16)11-6-5-7-12(10(11)3)14(17)18;1-7-15-10(9(2)8-14-15)13-16-11(3,4)12(5,6)17-13;1-7(2)11-10-12-8(3,4)9(5,6)13-10;1-6-7(9(11)12-2)4-3-5-8(6)10;1-5-3-6(2)10-8(11)7(5)4-9;1-3-8-5-6(2)4-7-8;1-2-4-5-3-1;1-3-4-2;1-2;;;;/h7-11H,6,12H2,1-5H3,(H,23,27)(H,25,28);6-9H,5H2,1-4H3;5-8H,4H2,1-3H3,(H,17,18);8H,7H2,1-6H3;7H,1-6H3;3-5H,1-2H3;3H,4,9H2,1-2H3,(H,10,11);4-5H,3H2,1-2H3;1-4H2;1,3-4H2,2H3;1H3;;;2*1H2/q;;;;;;;;;-1;;2*+1;;/p-1/i;;;;;;;;;;1D;;;;. The summed E-state index contributed by atoms with van der Waals surface area (Å²) >= 11 is 3.34. The predicted molar refractivity (Wildman–Crippen MR) is 555 cm³/mol. The molecule has 141 heavy (non-hydrogen) atoms. The van der Waals surface area contributed by atoms with Crippen molar-refractivity contribution in [3.05, 3.63) is 260 Å². The van der Waals surface area contributed by atoms with Gasteiger partial charge in [0.25, 0.3) is 17.0 Å². The Labute approximate surface area is 869 Å². The number of unbranched alkanes of at least 4 members (excludes halogenated alkanes) is 1. The number of aromatic amines is 2. The summed E-state index contributed by atoms with van der Waals surface area (Å²) in [6.07, 6.45) is 16.2. The minimum absolute atomic E-state index is 0. The molecule has 0 unspecified atom stereocenters. The molecule has 11 aromatic rings. The summed E-state index contributed by atoms with van der Waals surface area (Å²) in [6, 6.07) is 26.0. The van der Waals surface area contributed by atoms with Gasteiger partial charge in [0.05, 0.1) is 115 Å². The summed E-state index contributed by atoms with van der Waals surface area (Å²) in [5.74, 6) is -1.69. The van der Waals surface area contributed by atoms with Crippen LogP contribution in [0.1, 0.15) is 263 Å². The van der Waals surface area contributed by atoms with Crippen LogP contribution in [0.4, 0.5) is 4.39 Å². The molecule has 14 rings (SSSR count). The first-order valence-corrected chi connectivity index (χ1v) is 47.3. The largest absolute Gasteiger partial charge is 1.00 e. The van der Waals surface area contributed by atoms with Gasteiger partial charge in [0.2, 0.25) is 0 Å². The number of rotatable bonds is 19. The van der Waals surface area contributed by atoms with E-state index in [1.807, 2.05) is 267 Å². The van der Waals surface area contributed by atoms with Gasteiger partial charge in [0.1, 0.15) is 0 Å². The molecule has 3 fully saturated rings.